The van der Waals surface area contributed by atoms with Gasteiger partial charge < -0.3 is 0 Å². The molecule has 104 valence electrons. The summed E-state index contributed by atoms with van der Waals surface area (Å²) in [4.78, 5) is 11.8. The summed E-state index contributed by atoms with van der Waals surface area (Å²) in [5.41, 5.74) is 1.76. The first-order chi connectivity index (χ1) is 9.50. The number of nitrogens with one attached hydrogen (secondary N) is 1. The van der Waals surface area contributed by atoms with E-state index in [0.29, 0.717) is 0 Å². The molecule has 1 N–H and O–H groups in total. The van der Waals surface area contributed by atoms with Crippen LogP contribution in [-0.4, -0.2) is 11.3 Å². The van der Waals surface area contributed by atoms with Gasteiger partial charge >= 0.3 is 0 Å². The lowest BCUT2D eigenvalue weighted by Crippen LogP contribution is -2.47. The van der Waals surface area contributed by atoms with Gasteiger partial charge in [0.15, 0.2) is 0 Å². The Balaban J connectivity index is 2.38. The van der Waals surface area contributed by atoms with Crippen LogP contribution in [0.5, 0.6) is 0 Å². The van der Waals surface area contributed by atoms with Gasteiger partial charge in [-0.05, 0) is 31.9 Å². The Morgan fingerprint density at radius 1 is 0.900 bits per heavy atom. The van der Waals surface area contributed by atoms with Gasteiger partial charge in [0.2, 0.25) is 0 Å². The number of benzene rings is 2. The molecule has 2 rings (SSSR count). The van der Waals surface area contributed by atoms with Crippen LogP contribution in [0.3, 0.4) is 0 Å². The average molecular weight is 267 g/mol. The Labute approximate surface area is 120 Å². The summed E-state index contributed by atoms with van der Waals surface area (Å²) in [5.74, 6) is 0.134. The van der Waals surface area contributed by atoms with E-state index < -0.39 is 5.54 Å². The molecular formula is C18H21NO. The standard InChI is InChI=1S/C18H21NO/c1-14(20)18(2,3)19-17(15-10-6-4-7-11-15)16-12-8-5-9-13-16/h4-13,17,19H,1-3H3. The summed E-state index contributed by atoms with van der Waals surface area (Å²) in [7, 11) is 0. The molecule has 2 nitrogen and oxygen atoms in total. The van der Waals surface area contributed by atoms with Crippen molar-refractivity contribution in [3.05, 3.63) is 71.8 Å². The fourth-order valence-electron chi connectivity index (χ4n) is 2.11. The largest absolute Gasteiger partial charge is 0.298 e. The molecule has 0 fully saturated rings. The molecule has 0 aliphatic carbocycles. The molecule has 2 aromatic carbocycles. The summed E-state index contributed by atoms with van der Waals surface area (Å²) in [6.07, 6.45) is 0. The van der Waals surface area contributed by atoms with Crippen LogP contribution in [0.2, 0.25) is 0 Å². The maximum atomic E-state index is 11.8. The molecule has 2 aromatic rings. The first kappa shape index (κ1) is 14.5. The predicted molar refractivity (Wildman–Crippen MR) is 82.6 cm³/mol. The van der Waals surface area contributed by atoms with Crippen molar-refractivity contribution in [3.8, 4) is 0 Å². The highest BCUT2D eigenvalue weighted by atomic mass is 16.1. The average Bonchev–Trinajstić information content (AvgIpc) is 2.46. The molecule has 0 bridgehead atoms. The second kappa shape index (κ2) is 6.02. The van der Waals surface area contributed by atoms with Gasteiger partial charge in [-0.15, -0.1) is 0 Å². The van der Waals surface area contributed by atoms with E-state index in [1.54, 1.807) is 6.92 Å². The van der Waals surface area contributed by atoms with Gasteiger partial charge in [-0.1, -0.05) is 60.7 Å². The molecule has 0 radical (unpaired) electrons. The van der Waals surface area contributed by atoms with Crippen LogP contribution in [0.15, 0.2) is 60.7 Å². The van der Waals surface area contributed by atoms with Gasteiger partial charge in [-0.3, -0.25) is 10.1 Å². The van der Waals surface area contributed by atoms with Crippen molar-refractivity contribution >= 4 is 5.78 Å². The van der Waals surface area contributed by atoms with Crippen molar-refractivity contribution in [2.24, 2.45) is 0 Å². The summed E-state index contributed by atoms with van der Waals surface area (Å²) >= 11 is 0. The number of carbonyl (C=O) groups excluding carboxylic acids is 1. The molecule has 2 heteroatoms. The van der Waals surface area contributed by atoms with E-state index in [1.165, 1.54) is 0 Å². The summed E-state index contributed by atoms with van der Waals surface area (Å²) < 4.78 is 0. The van der Waals surface area contributed by atoms with E-state index in [4.69, 9.17) is 0 Å². The van der Waals surface area contributed by atoms with E-state index in [0.717, 1.165) is 11.1 Å². The summed E-state index contributed by atoms with van der Waals surface area (Å²) in [5, 5.41) is 3.48. The number of rotatable bonds is 5. The van der Waals surface area contributed by atoms with E-state index in [2.05, 4.69) is 29.6 Å². The zero-order valence-electron chi connectivity index (χ0n) is 12.3. The number of carbonyl (C=O) groups is 1. The first-order valence-corrected chi connectivity index (χ1v) is 6.89. The zero-order valence-corrected chi connectivity index (χ0v) is 12.3. The maximum Gasteiger partial charge on any atom is 0.149 e. The van der Waals surface area contributed by atoms with Crippen LogP contribution in [0, 0.1) is 0 Å². The molecule has 0 saturated carbocycles. The van der Waals surface area contributed by atoms with Crippen molar-refractivity contribution < 1.29 is 4.79 Å². The van der Waals surface area contributed by atoms with Crippen molar-refractivity contribution in [2.45, 2.75) is 32.4 Å². The predicted octanol–water partition coefficient (Wildman–Crippen LogP) is 3.73. The van der Waals surface area contributed by atoms with E-state index in [9.17, 15) is 4.79 Å². The Kier molecular flexibility index (Phi) is 4.35. The molecule has 20 heavy (non-hydrogen) atoms. The minimum absolute atomic E-state index is 0.0105. The van der Waals surface area contributed by atoms with Crippen LogP contribution >= 0.6 is 0 Å². The topological polar surface area (TPSA) is 29.1 Å². The Morgan fingerprint density at radius 2 is 1.30 bits per heavy atom. The van der Waals surface area contributed by atoms with Crippen LogP contribution in [0.4, 0.5) is 0 Å². The lowest BCUT2D eigenvalue weighted by molar-refractivity contribution is -0.122. The third kappa shape index (κ3) is 3.34. The Hall–Kier alpha value is -1.93. The van der Waals surface area contributed by atoms with Gasteiger partial charge in [-0.2, -0.15) is 0 Å². The third-order valence-electron chi connectivity index (χ3n) is 3.65. The number of Topliss-reactive ketones (excluding diaryl/α,β-unsaturated/α-hetero) is 1. The van der Waals surface area contributed by atoms with Crippen molar-refractivity contribution in [3.63, 3.8) is 0 Å². The zero-order chi connectivity index (χ0) is 14.6. The van der Waals surface area contributed by atoms with Crippen LogP contribution in [0.1, 0.15) is 37.9 Å². The SMILES string of the molecule is CC(=O)C(C)(C)NC(c1ccccc1)c1ccccc1. The van der Waals surface area contributed by atoms with Crippen molar-refractivity contribution in [1.82, 2.24) is 5.32 Å². The molecule has 0 unspecified atom stereocenters. The van der Waals surface area contributed by atoms with Gasteiger partial charge in [0.05, 0.1) is 11.6 Å². The molecule has 0 atom stereocenters. The maximum absolute atomic E-state index is 11.8. The van der Waals surface area contributed by atoms with Crippen molar-refractivity contribution in [1.29, 1.82) is 0 Å². The monoisotopic (exact) mass is 267 g/mol. The first-order valence-electron chi connectivity index (χ1n) is 6.89. The fourth-order valence-corrected chi connectivity index (χ4v) is 2.11. The summed E-state index contributed by atoms with van der Waals surface area (Å²) in [6.45, 7) is 5.47. The fraction of sp³-hybridized carbons (Fsp3) is 0.278. The van der Waals surface area contributed by atoms with Crippen LogP contribution < -0.4 is 5.32 Å². The molecular weight excluding hydrogens is 246 g/mol. The quantitative estimate of drug-likeness (QED) is 0.894. The second-order valence-corrected chi connectivity index (χ2v) is 5.58. The van der Waals surface area contributed by atoms with E-state index in [1.807, 2.05) is 50.2 Å². The lowest BCUT2D eigenvalue weighted by atomic mass is 9.93. The van der Waals surface area contributed by atoms with Gasteiger partial charge in [0.25, 0.3) is 0 Å². The number of hydrogen-bond acceptors (Lipinski definition) is 2. The van der Waals surface area contributed by atoms with Gasteiger partial charge in [0, 0.05) is 0 Å². The molecule has 0 aliphatic rings. The highest BCUT2D eigenvalue weighted by Gasteiger charge is 2.28. The molecule has 0 saturated heterocycles. The lowest BCUT2D eigenvalue weighted by Gasteiger charge is -2.30. The van der Waals surface area contributed by atoms with E-state index >= 15 is 0 Å². The minimum Gasteiger partial charge on any atom is -0.298 e. The third-order valence-corrected chi connectivity index (χ3v) is 3.65. The highest BCUT2D eigenvalue weighted by Crippen LogP contribution is 2.24. The smallest absolute Gasteiger partial charge is 0.149 e. The van der Waals surface area contributed by atoms with E-state index in [-0.39, 0.29) is 11.8 Å². The molecule has 0 heterocycles. The number of hydrogen-bond donors (Lipinski definition) is 1. The van der Waals surface area contributed by atoms with Crippen LogP contribution in [-0.2, 0) is 4.79 Å². The summed E-state index contributed by atoms with van der Waals surface area (Å²) in [6, 6.07) is 20.4. The second-order valence-electron chi connectivity index (χ2n) is 5.58. The molecule has 0 aliphatic heterocycles. The van der Waals surface area contributed by atoms with Gasteiger partial charge in [0.1, 0.15) is 5.78 Å². The molecule has 0 aromatic heterocycles. The molecule has 0 amide bonds. The number of ketones is 1. The Bertz CT molecular complexity index is 521. The highest BCUT2D eigenvalue weighted by molar-refractivity contribution is 5.85. The Morgan fingerprint density at radius 3 is 1.65 bits per heavy atom. The van der Waals surface area contributed by atoms with Gasteiger partial charge in [-0.25, -0.2) is 0 Å². The van der Waals surface area contributed by atoms with Crippen LogP contribution in [0.25, 0.3) is 0 Å². The normalized spacial score (nSPS) is 11.6. The minimum atomic E-state index is -0.559. The molecule has 0 spiro atoms. The van der Waals surface area contributed by atoms with Crippen molar-refractivity contribution in [2.75, 3.05) is 0 Å².